The van der Waals surface area contributed by atoms with E-state index in [1.54, 1.807) is 0 Å². The molecule has 0 saturated heterocycles. The zero-order valence-corrected chi connectivity index (χ0v) is 14.2. The Labute approximate surface area is 139 Å². The van der Waals surface area contributed by atoms with Crippen LogP contribution in [0, 0.1) is 0 Å². The van der Waals surface area contributed by atoms with Crippen molar-refractivity contribution in [3.8, 4) is 5.75 Å². The summed E-state index contributed by atoms with van der Waals surface area (Å²) in [5.41, 5.74) is 1.56. The summed E-state index contributed by atoms with van der Waals surface area (Å²) in [6.45, 7) is 4.09. The van der Waals surface area contributed by atoms with E-state index in [2.05, 4.69) is 26.6 Å². The smallest absolute Gasteiger partial charge is 0.243 e. The quantitative estimate of drug-likeness (QED) is 0.805. The average molecular weight is 363 g/mol. The third-order valence-corrected chi connectivity index (χ3v) is 3.29. The Hall–Kier alpha value is -2.01. The highest BCUT2D eigenvalue weighted by Gasteiger charge is 2.08. The Balaban J connectivity index is 1.95. The van der Waals surface area contributed by atoms with Crippen LogP contribution in [-0.4, -0.2) is 18.6 Å². The van der Waals surface area contributed by atoms with Crippen LogP contribution in [-0.2, 0) is 4.79 Å². The van der Waals surface area contributed by atoms with Crippen molar-refractivity contribution in [2.45, 2.75) is 20.0 Å². The Kier molecular flexibility index (Phi) is 5.83. The maximum absolute atomic E-state index is 12.1. The molecular formula is C17H19BrN2O2. The summed E-state index contributed by atoms with van der Waals surface area (Å²) < 4.78 is 6.65. The summed E-state index contributed by atoms with van der Waals surface area (Å²) in [7, 11) is 0. The van der Waals surface area contributed by atoms with Crippen molar-refractivity contribution in [2.24, 2.45) is 0 Å². The average Bonchev–Trinajstić information content (AvgIpc) is 2.47. The van der Waals surface area contributed by atoms with Gasteiger partial charge in [0, 0.05) is 10.2 Å². The zero-order chi connectivity index (χ0) is 15.9. The number of anilines is 2. The third kappa shape index (κ3) is 5.07. The number of amides is 1. The Morgan fingerprint density at radius 2 is 1.95 bits per heavy atom. The maximum Gasteiger partial charge on any atom is 0.243 e. The first kappa shape index (κ1) is 16.4. The van der Waals surface area contributed by atoms with E-state index in [0.29, 0.717) is 11.4 Å². The molecule has 0 aliphatic rings. The first-order valence-electron chi connectivity index (χ1n) is 7.09. The first-order chi connectivity index (χ1) is 10.5. The summed E-state index contributed by atoms with van der Waals surface area (Å²) in [5, 5.41) is 5.95. The van der Waals surface area contributed by atoms with Crippen LogP contribution in [0.2, 0.25) is 0 Å². The van der Waals surface area contributed by atoms with Gasteiger partial charge >= 0.3 is 0 Å². The van der Waals surface area contributed by atoms with E-state index in [1.807, 2.05) is 62.4 Å². The predicted molar refractivity (Wildman–Crippen MR) is 93.5 cm³/mol. The molecule has 4 nitrogen and oxygen atoms in total. The number of carbonyl (C=O) groups is 1. The number of hydrogen-bond donors (Lipinski definition) is 2. The molecule has 0 bridgehead atoms. The number of halogens is 1. The van der Waals surface area contributed by atoms with E-state index in [-0.39, 0.29) is 18.6 Å². The first-order valence-corrected chi connectivity index (χ1v) is 7.89. The fourth-order valence-electron chi connectivity index (χ4n) is 1.90. The van der Waals surface area contributed by atoms with E-state index in [1.165, 1.54) is 0 Å². The monoisotopic (exact) mass is 362 g/mol. The van der Waals surface area contributed by atoms with E-state index in [0.717, 1.165) is 10.2 Å². The van der Waals surface area contributed by atoms with Crippen molar-refractivity contribution in [2.75, 3.05) is 17.2 Å². The van der Waals surface area contributed by atoms with Crippen LogP contribution in [0.15, 0.2) is 53.0 Å². The lowest BCUT2D eigenvalue weighted by molar-refractivity contribution is -0.114. The molecule has 0 aliphatic heterocycles. The van der Waals surface area contributed by atoms with Crippen molar-refractivity contribution in [1.29, 1.82) is 0 Å². The molecule has 0 heterocycles. The minimum Gasteiger partial charge on any atom is -0.489 e. The van der Waals surface area contributed by atoms with Gasteiger partial charge < -0.3 is 15.4 Å². The molecular weight excluding hydrogens is 344 g/mol. The molecule has 2 rings (SSSR count). The number of nitrogens with one attached hydrogen (secondary N) is 2. The van der Waals surface area contributed by atoms with E-state index in [9.17, 15) is 4.79 Å². The van der Waals surface area contributed by atoms with Gasteiger partial charge in [0.1, 0.15) is 5.75 Å². The van der Waals surface area contributed by atoms with Gasteiger partial charge in [-0.05, 0) is 44.2 Å². The lowest BCUT2D eigenvalue weighted by Crippen LogP contribution is -2.22. The lowest BCUT2D eigenvalue weighted by Gasteiger charge is -2.15. The molecule has 0 saturated carbocycles. The molecule has 0 radical (unpaired) electrons. The number of hydrogen-bond acceptors (Lipinski definition) is 3. The molecule has 0 spiro atoms. The molecule has 2 N–H and O–H groups in total. The normalized spacial score (nSPS) is 10.4. The molecule has 0 atom stereocenters. The molecule has 0 unspecified atom stereocenters. The fraction of sp³-hybridized carbons (Fsp3) is 0.235. The minimum atomic E-state index is -0.125. The highest BCUT2D eigenvalue weighted by Crippen LogP contribution is 2.24. The zero-order valence-electron chi connectivity index (χ0n) is 12.6. The summed E-state index contributed by atoms with van der Waals surface area (Å²) in [4.78, 5) is 12.1. The van der Waals surface area contributed by atoms with Crippen LogP contribution in [0.5, 0.6) is 5.75 Å². The van der Waals surface area contributed by atoms with Gasteiger partial charge in [-0.1, -0.05) is 34.1 Å². The molecule has 0 fully saturated rings. The van der Waals surface area contributed by atoms with E-state index in [4.69, 9.17) is 4.74 Å². The fourth-order valence-corrected chi connectivity index (χ4v) is 2.30. The van der Waals surface area contributed by atoms with Gasteiger partial charge in [-0.2, -0.15) is 0 Å². The van der Waals surface area contributed by atoms with Gasteiger partial charge in [-0.15, -0.1) is 0 Å². The molecule has 2 aromatic rings. The van der Waals surface area contributed by atoms with Crippen LogP contribution in [0.4, 0.5) is 11.4 Å². The molecule has 116 valence electrons. The highest BCUT2D eigenvalue weighted by atomic mass is 79.9. The number of carbonyl (C=O) groups excluding carboxylic acids is 1. The largest absolute Gasteiger partial charge is 0.489 e. The Morgan fingerprint density at radius 1 is 1.18 bits per heavy atom. The lowest BCUT2D eigenvalue weighted by atomic mass is 10.3. The topological polar surface area (TPSA) is 50.4 Å². The van der Waals surface area contributed by atoms with Gasteiger partial charge in [0.15, 0.2) is 0 Å². The van der Waals surface area contributed by atoms with Crippen molar-refractivity contribution < 1.29 is 9.53 Å². The molecule has 22 heavy (non-hydrogen) atoms. The maximum atomic E-state index is 12.1. The number of benzene rings is 2. The minimum absolute atomic E-state index is 0.0536. The molecule has 2 aromatic carbocycles. The van der Waals surface area contributed by atoms with Gasteiger partial charge in [-0.25, -0.2) is 0 Å². The Morgan fingerprint density at radius 3 is 2.68 bits per heavy atom. The highest BCUT2D eigenvalue weighted by molar-refractivity contribution is 9.10. The number of ether oxygens (including phenoxy) is 1. The standard InChI is InChI=1S/C17H19BrN2O2/c1-12(2)22-16-9-4-3-8-15(16)20-17(21)11-19-14-7-5-6-13(18)10-14/h3-10,12,19H,11H2,1-2H3,(H,20,21). The summed E-state index contributed by atoms with van der Waals surface area (Å²) >= 11 is 3.40. The molecule has 5 heteroatoms. The molecule has 1 amide bonds. The van der Waals surface area contributed by atoms with Crippen molar-refractivity contribution in [1.82, 2.24) is 0 Å². The van der Waals surface area contributed by atoms with Gasteiger partial charge in [0.05, 0.1) is 18.3 Å². The van der Waals surface area contributed by atoms with Crippen LogP contribution in [0.1, 0.15) is 13.8 Å². The van der Waals surface area contributed by atoms with Crippen molar-refractivity contribution in [3.05, 3.63) is 53.0 Å². The van der Waals surface area contributed by atoms with Crippen LogP contribution >= 0.6 is 15.9 Å². The molecule has 0 aliphatic carbocycles. The van der Waals surface area contributed by atoms with Gasteiger partial charge in [-0.3, -0.25) is 4.79 Å². The summed E-state index contributed by atoms with van der Waals surface area (Å²) in [6.07, 6.45) is 0.0536. The second-order valence-corrected chi connectivity index (χ2v) is 5.99. The van der Waals surface area contributed by atoms with Gasteiger partial charge in [0.2, 0.25) is 5.91 Å². The second kappa shape index (κ2) is 7.84. The predicted octanol–water partition coefficient (Wildman–Crippen LogP) is 4.29. The van der Waals surface area contributed by atoms with Crippen molar-refractivity contribution >= 4 is 33.2 Å². The van der Waals surface area contributed by atoms with Gasteiger partial charge in [0.25, 0.3) is 0 Å². The SMILES string of the molecule is CC(C)Oc1ccccc1NC(=O)CNc1cccc(Br)c1. The number of rotatable bonds is 6. The van der Waals surface area contributed by atoms with Crippen molar-refractivity contribution in [3.63, 3.8) is 0 Å². The number of para-hydroxylation sites is 2. The summed E-state index contributed by atoms with van der Waals surface area (Å²) in [6, 6.07) is 15.1. The Bertz CT molecular complexity index is 644. The molecule has 0 aromatic heterocycles. The van der Waals surface area contributed by atoms with E-state index < -0.39 is 0 Å². The van der Waals surface area contributed by atoms with Crippen LogP contribution in [0.25, 0.3) is 0 Å². The van der Waals surface area contributed by atoms with Crippen LogP contribution < -0.4 is 15.4 Å². The van der Waals surface area contributed by atoms with E-state index >= 15 is 0 Å². The van der Waals surface area contributed by atoms with Crippen LogP contribution in [0.3, 0.4) is 0 Å². The third-order valence-electron chi connectivity index (χ3n) is 2.80. The second-order valence-electron chi connectivity index (χ2n) is 5.07. The summed E-state index contributed by atoms with van der Waals surface area (Å²) in [5.74, 6) is 0.549.